The Kier molecular flexibility index (Phi) is 5.97. The molecule has 0 saturated carbocycles. The van der Waals surface area contributed by atoms with Gasteiger partial charge in [-0.05, 0) is 61.0 Å². The summed E-state index contributed by atoms with van der Waals surface area (Å²) in [5.74, 6) is -0.423. The van der Waals surface area contributed by atoms with Crippen LogP contribution < -0.4 is 10.6 Å². The molecule has 0 heterocycles. The SMILES string of the molecule is Cc1ccc(NC(=S)NC(=O)C=Cc2cccc([N+](=O)[O-])c2)cc1C. The summed E-state index contributed by atoms with van der Waals surface area (Å²) in [6, 6.07) is 11.8. The van der Waals surface area contributed by atoms with Crippen molar-refractivity contribution in [3.8, 4) is 0 Å². The number of nitrogens with zero attached hydrogens (tertiary/aromatic N) is 1. The number of non-ortho nitro benzene ring substituents is 1. The first-order chi connectivity index (χ1) is 11.8. The molecule has 128 valence electrons. The largest absolute Gasteiger partial charge is 0.332 e. The summed E-state index contributed by atoms with van der Waals surface area (Å²) in [4.78, 5) is 22.1. The van der Waals surface area contributed by atoms with E-state index in [4.69, 9.17) is 12.2 Å². The van der Waals surface area contributed by atoms with Gasteiger partial charge >= 0.3 is 0 Å². The van der Waals surface area contributed by atoms with Crippen molar-refractivity contribution in [3.63, 3.8) is 0 Å². The van der Waals surface area contributed by atoms with Crippen molar-refractivity contribution >= 4 is 40.7 Å². The number of amides is 1. The van der Waals surface area contributed by atoms with Crippen LogP contribution in [0.4, 0.5) is 11.4 Å². The summed E-state index contributed by atoms with van der Waals surface area (Å²) in [5.41, 5.74) is 3.59. The summed E-state index contributed by atoms with van der Waals surface area (Å²) in [7, 11) is 0. The molecule has 0 aliphatic rings. The van der Waals surface area contributed by atoms with Crippen molar-refractivity contribution in [2.75, 3.05) is 5.32 Å². The highest BCUT2D eigenvalue weighted by Crippen LogP contribution is 2.15. The Morgan fingerprint density at radius 2 is 1.92 bits per heavy atom. The number of hydrogen-bond donors (Lipinski definition) is 2. The standard InChI is InChI=1S/C18H17N3O3S/c1-12-6-8-15(10-13(12)2)19-18(25)20-17(22)9-7-14-4-3-5-16(11-14)21(23)24/h3-11H,1-2H3,(H2,19,20,22,25). The van der Waals surface area contributed by atoms with Crippen molar-refractivity contribution < 1.29 is 9.72 Å². The van der Waals surface area contributed by atoms with Crippen molar-refractivity contribution in [1.29, 1.82) is 0 Å². The highest BCUT2D eigenvalue weighted by atomic mass is 32.1. The number of nitro groups is 1. The van der Waals surface area contributed by atoms with Crippen molar-refractivity contribution in [1.82, 2.24) is 5.32 Å². The van der Waals surface area contributed by atoms with Gasteiger partial charge in [0.1, 0.15) is 0 Å². The molecule has 6 nitrogen and oxygen atoms in total. The Balaban J connectivity index is 1.94. The molecule has 2 N–H and O–H groups in total. The fourth-order valence-corrected chi connectivity index (χ4v) is 2.27. The van der Waals surface area contributed by atoms with Crippen LogP contribution in [0, 0.1) is 24.0 Å². The van der Waals surface area contributed by atoms with Crippen LogP contribution in [0.1, 0.15) is 16.7 Å². The number of aryl methyl sites for hydroxylation is 2. The average molecular weight is 355 g/mol. The third kappa shape index (κ3) is 5.50. The lowest BCUT2D eigenvalue weighted by Crippen LogP contribution is -2.32. The summed E-state index contributed by atoms with van der Waals surface area (Å²) in [5, 5.41) is 16.4. The van der Waals surface area contributed by atoms with Gasteiger partial charge in [0.15, 0.2) is 5.11 Å². The van der Waals surface area contributed by atoms with Gasteiger partial charge in [0.2, 0.25) is 5.91 Å². The number of nitrogens with one attached hydrogen (secondary N) is 2. The summed E-state index contributed by atoms with van der Waals surface area (Å²) in [6.07, 6.45) is 2.76. The number of nitro benzene ring substituents is 1. The summed E-state index contributed by atoms with van der Waals surface area (Å²) < 4.78 is 0. The third-order valence-electron chi connectivity index (χ3n) is 3.51. The molecule has 0 bridgehead atoms. The molecule has 0 atom stereocenters. The fourth-order valence-electron chi connectivity index (χ4n) is 2.05. The van der Waals surface area contributed by atoms with E-state index in [1.54, 1.807) is 12.1 Å². The molecule has 0 fully saturated rings. The lowest BCUT2D eigenvalue weighted by atomic mass is 10.1. The number of rotatable bonds is 4. The van der Waals surface area contributed by atoms with Crippen LogP contribution in [-0.2, 0) is 4.79 Å². The van der Waals surface area contributed by atoms with Crippen LogP contribution >= 0.6 is 12.2 Å². The highest BCUT2D eigenvalue weighted by molar-refractivity contribution is 7.80. The van der Waals surface area contributed by atoms with Crippen LogP contribution in [0.15, 0.2) is 48.5 Å². The van der Waals surface area contributed by atoms with Crippen molar-refractivity contribution in [2.24, 2.45) is 0 Å². The quantitative estimate of drug-likeness (QED) is 0.378. The van der Waals surface area contributed by atoms with Gasteiger partial charge in [0.25, 0.3) is 5.69 Å². The summed E-state index contributed by atoms with van der Waals surface area (Å²) in [6.45, 7) is 4.00. The Morgan fingerprint density at radius 1 is 1.16 bits per heavy atom. The lowest BCUT2D eigenvalue weighted by Gasteiger charge is -2.09. The minimum Gasteiger partial charge on any atom is -0.332 e. The smallest absolute Gasteiger partial charge is 0.270 e. The molecule has 1 amide bonds. The molecule has 0 spiro atoms. The van der Waals surface area contributed by atoms with E-state index in [0.717, 1.165) is 11.3 Å². The molecular weight excluding hydrogens is 338 g/mol. The van der Waals surface area contributed by atoms with E-state index in [0.29, 0.717) is 5.56 Å². The maximum absolute atomic E-state index is 11.9. The number of thiocarbonyl (C=S) groups is 1. The van der Waals surface area contributed by atoms with E-state index in [2.05, 4.69) is 10.6 Å². The summed E-state index contributed by atoms with van der Waals surface area (Å²) >= 11 is 5.11. The number of carbonyl (C=O) groups excluding carboxylic acids is 1. The maximum atomic E-state index is 11.9. The van der Waals surface area contributed by atoms with E-state index < -0.39 is 10.8 Å². The minimum absolute atomic E-state index is 0.0329. The number of hydrogen-bond acceptors (Lipinski definition) is 4. The molecule has 0 saturated heterocycles. The Bertz CT molecular complexity index is 862. The molecule has 2 aromatic carbocycles. The molecular formula is C18H17N3O3S. The molecule has 0 aliphatic carbocycles. The Morgan fingerprint density at radius 3 is 2.60 bits per heavy atom. The number of anilines is 1. The second kappa shape index (κ2) is 8.16. The molecule has 0 unspecified atom stereocenters. The normalized spacial score (nSPS) is 10.5. The van der Waals surface area contributed by atoms with Gasteiger partial charge in [-0.15, -0.1) is 0 Å². The van der Waals surface area contributed by atoms with E-state index in [1.165, 1.54) is 29.8 Å². The number of benzene rings is 2. The second-order valence-electron chi connectivity index (χ2n) is 5.43. The maximum Gasteiger partial charge on any atom is 0.270 e. The molecule has 7 heteroatoms. The third-order valence-corrected chi connectivity index (χ3v) is 3.71. The fraction of sp³-hybridized carbons (Fsp3) is 0.111. The van der Waals surface area contributed by atoms with Crippen LogP contribution in [0.5, 0.6) is 0 Å². The van der Waals surface area contributed by atoms with Crippen LogP contribution in [-0.4, -0.2) is 15.9 Å². The first-order valence-corrected chi connectivity index (χ1v) is 7.88. The van der Waals surface area contributed by atoms with Gasteiger partial charge in [-0.1, -0.05) is 18.2 Å². The van der Waals surface area contributed by atoms with Gasteiger partial charge in [-0.3, -0.25) is 20.2 Å². The van der Waals surface area contributed by atoms with E-state index in [-0.39, 0.29) is 10.8 Å². The first-order valence-electron chi connectivity index (χ1n) is 7.47. The highest BCUT2D eigenvalue weighted by Gasteiger charge is 2.05. The van der Waals surface area contributed by atoms with E-state index in [9.17, 15) is 14.9 Å². The molecule has 2 rings (SSSR count). The predicted molar refractivity (Wildman–Crippen MR) is 102 cm³/mol. The zero-order valence-corrected chi connectivity index (χ0v) is 14.6. The zero-order chi connectivity index (χ0) is 18.4. The zero-order valence-electron chi connectivity index (χ0n) is 13.8. The molecule has 2 aromatic rings. The Labute approximate surface area is 150 Å². The molecule has 25 heavy (non-hydrogen) atoms. The minimum atomic E-state index is -0.486. The average Bonchev–Trinajstić information content (AvgIpc) is 2.56. The van der Waals surface area contributed by atoms with Gasteiger partial charge in [0, 0.05) is 23.9 Å². The van der Waals surface area contributed by atoms with E-state index in [1.807, 2.05) is 32.0 Å². The predicted octanol–water partition coefficient (Wildman–Crippen LogP) is 3.74. The number of carbonyl (C=O) groups is 1. The van der Waals surface area contributed by atoms with Gasteiger partial charge in [-0.2, -0.15) is 0 Å². The molecule has 0 radical (unpaired) electrons. The monoisotopic (exact) mass is 355 g/mol. The topological polar surface area (TPSA) is 84.3 Å². The second-order valence-corrected chi connectivity index (χ2v) is 5.84. The Hall–Kier alpha value is -3.06. The molecule has 0 aliphatic heterocycles. The first kappa shape index (κ1) is 18.3. The van der Waals surface area contributed by atoms with Gasteiger partial charge in [-0.25, -0.2) is 0 Å². The van der Waals surface area contributed by atoms with Crippen LogP contribution in [0.3, 0.4) is 0 Å². The van der Waals surface area contributed by atoms with Crippen molar-refractivity contribution in [3.05, 3.63) is 75.3 Å². The van der Waals surface area contributed by atoms with Crippen LogP contribution in [0.25, 0.3) is 6.08 Å². The van der Waals surface area contributed by atoms with E-state index >= 15 is 0 Å². The molecule has 0 aromatic heterocycles. The van der Waals surface area contributed by atoms with Gasteiger partial charge in [0.05, 0.1) is 4.92 Å². The van der Waals surface area contributed by atoms with Crippen LogP contribution in [0.2, 0.25) is 0 Å². The lowest BCUT2D eigenvalue weighted by molar-refractivity contribution is -0.384. The van der Waals surface area contributed by atoms with Crippen molar-refractivity contribution in [2.45, 2.75) is 13.8 Å². The van der Waals surface area contributed by atoms with Gasteiger partial charge < -0.3 is 5.32 Å².